The molecule has 4 nitrogen and oxygen atoms in total. The molecular weight excluding hydrogens is 180 g/mol. The molecule has 1 rings (SSSR count). The summed E-state index contributed by atoms with van der Waals surface area (Å²) in [5.74, 6) is 0.0577. The Bertz CT molecular complexity index is 368. The van der Waals surface area contributed by atoms with Crippen molar-refractivity contribution in [2.75, 3.05) is 6.54 Å². The molecule has 0 bridgehead atoms. The minimum atomic E-state index is -0.353. The third-order valence-corrected chi connectivity index (χ3v) is 1.73. The Balaban J connectivity index is 2.71. The molecule has 76 valence electrons. The maximum atomic E-state index is 11.4. The predicted molar refractivity (Wildman–Crippen MR) is 54.2 cm³/mol. The smallest absolute Gasteiger partial charge is 0.260 e. The monoisotopic (exact) mass is 194 g/mol. The second-order valence-electron chi connectivity index (χ2n) is 3.52. The van der Waals surface area contributed by atoms with E-state index in [0.29, 0.717) is 12.5 Å². The number of pyridine rings is 1. The second kappa shape index (κ2) is 4.60. The van der Waals surface area contributed by atoms with Gasteiger partial charge in [-0.15, -0.1) is 0 Å². The van der Waals surface area contributed by atoms with Crippen molar-refractivity contribution in [3.05, 3.63) is 34.2 Å². The zero-order valence-electron chi connectivity index (χ0n) is 8.33. The van der Waals surface area contributed by atoms with Crippen molar-refractivity contribution in [3.8, 4) is 0 Å². The minimum absolute atomic E-state index is 0.160. The highest BCUT2D eigenvalue weighted by molar-refractivity contribution is 5.93. The standard InChI is InChI=1S/C10H14N2O2/c1-7(2)6-12-10(14)8-4-3-5-11-9(8)13/h3-5,7H,6H2,1-2H3,(H,11,13)(H,12,14). The van der Waals surface area contributed by atoms with Crippen LogP contribution in [-0.2, 0) is 0 Å². The van der Waals surface area contributed by atoms with E-state index >= 15 is 0 Å². The number of carbonyl (C=O) groups excluding carboxylic acids is 1. The third-order valence-electron chi connectivity index (χ3n) is 1.73. The largest absolute Gasteiger partial charge is 0.352 e. The average molecular weight is 194 g/mol. The summed E-state index contributed by atoms with van der Waals surface area (Å²) in [6.07, 6.45) is 1.50. The van der Waals surface area contributed by atoms with E-state index in [1.54, 1.807) is 6.07 Å². The Morgan fingerprint density at radius 3 is 2.86 bits per heavy atom. The number of aromatic amines is 1. The highest BCUT2D eigenvalue weighted by Gasteiger charge is 2.08. The van der Waals surface area contributed by atoms with Crippen molar-refractivity contribution in [2.24, 2.45) is 5.92 Å². The van der Waals surface area contributed by atoms with Gasteiger partial charge in [-0.1, -0.05) is 13.8 Å². The Hall–Kier alpha value is -1.58. The molecule has 0 fully saturated rings. The zero-order chi connectivity index (χ0) is 10.6. The van der Waals surface area contributed by atoms with E-state index in [9.17, 15) is 9.59 Å². The molecule has 1 aromatic rings. The summed E-state index contributed by atoms with van der Waals surface area (Å²) >= 11 is 0. The Morgan fingerprint density at radius 2 is 2.29 bits per heavy atom. The van der Waals surface area contributed by atoms with E-state index < -0.39 is 0 Å². The van der Waals surface area contributed by atoms with Gasteiger partial charge in [-0.25, -0.2) is 0 Å². The number of hydrogen-bond donors (Lipinski definition) is 2. The molecule has 1 heterocycles. The van der Waals surface area contributed by atoms with Crippen LogP contribution in [0.1, 0.15) is 24.2 Å². The van der Waals surface area contributed by atoms with E-state index in [2.05, 4.69) is 10.3 Å². The van der Waals surface area contributed by atoms with Gasteiger partial charge in [0.1, 0.15) is 5.56 Å². The fourth-order valence-electron chi connectivity index (χ4n) is 0.992. The molecule has 14 heavy (non-hydrogen) atoms. The summed E-state index contributed by atoms with van der Waals surface area (Å²) in [5, 5.41) is 2.68. The van der Waals surface area contributed by atoms with Crippen LogP contribution in [0.4, 0.5) is 0 Å². The lowest BCUT2D eigenvalue weighted by molar-refractivity contribution is 0.0947. The molecule has 0 spiro atoms. The summed E-state index contributed by atoms with van der Waals surface area (Å²) < 4.78 is 0. The maximum Gasteiger partial charge on any atom is 0.260 e. The Kier molecular flexibility index (Phi) is 3.45. The van der Waals surface area contributed by atoms with E-state index in [1.807, 2.05) is 13.8 Å². The van der Waals surface area contributed by atoms with Crippen molar-refractivity contribution in [1.29, 1.82) is 0 Å². The van der Waals surface area contributed by atoms with Gasteiger partial charge in [0, 0.05) is 12.7 Å². The SMILES string of the molecule is CC(C)CNC(=O)c1ccc[nH]c1=O. The quantitative estimate of drug-likeness (QED) is 0.746. The molecule has 0 aliphatic heterocycles. The molecule has 0 aromatic carbocycles. The average Bonchev–Trinajstić information content (AvgIpc) is 2.15. The van der Waals surface area contributed by atoms with Crippen LogP contribution in [0, 0.1) is 5.92 Å². The highest BCUT2D eigenvalue weighted by atomic mass is 16.2. The first-order valence-corrected chi connectivity index (χ1v) is 4.57. The topological polar surface area (TPSA) is 62.0 Å². The van der Waals surface area contributed by atoms with Gasteiger partial charge in [0.15, 0.2) is 0 Å². The van der Waals surface area contributed by atoms with E-state index in [0.717, 1.165) is 0 Å². The lowest BCUT2D eigenvalue weighted by Crippen LogP contribution is -2.31. The third kappa shape index (κ3) is 2.73. The van der Waals surface area contributed by atoms with Gasteiger partial charge in [0.25, 0.3) is 11.5 Å². The zero-order valence-corrected chi connectivity index (χ0v) is 8.33. The van der Waals surface area contributed by atoms with Crippen molar-refractivity contribution in [3.63, 3.8) is 0 Å². The first kappa shape index (κ1) is 10.5. The van der Waals surface area contributed by atoms with Crippen LogP contribution < -0.4 is 10.9 Å². The van der Waals surface area contributed by atoms with Crippen molar-refractivity contribution < 1.29 is 4.79 Å². The van der Waals surface area contributed by atoms with Gasteiger partial charge < -0.3 is 10.3 Å². The summed E-state index contributed by atoms with van der Waals surface area (Å²) in [6, 6.07) is 3.14. The van der Waals surface area contributed by atoms with Crippen LogP contribution in [0.25, 0.3) is 0 Å². The number of rotatable bonds is 3. The molecule has 0 unspecified atom stereocenters. The minimum Gasteiger partial charge on any atom is -0.352 e. The summed E-state index contributed by atoms with van der Waals surface area (Å²) in [5.41, 5.74) is -0.193. The molecule has 1 amide bonds. The molecule has 0 aliphatic rings. The highest BCUT2D eigenvalue weighted by Crippen LogP contribution is 1.92. The van der Waals surface area contributed by atoms with E-state index in [4.69, 9.17) is 0 Å². The van der Waals surface area contributed by atoms with Crippen LogP contribution in [0.2, 0.25) is 0 Å². The van der Waals surface area contributed by atoms with Crippen LogP contribution in [0.15, 0.2) is 23.1 Å². The van der Waals surface area contributed by atoms with Crippen molar-refractivity contribution in [1.82, 2.24) is 10.3 Å². The molecule has 0 aliphatic carbocycles. The number of hydrogen-bond acceptors (Lipinski definition) is 2. The van der Waals surface area contributed by atoms with Crippen LogP contribution in [0.5, 0.6) is 0 Å². The fraction of sp³-hybridized carbons (Fsp3) is 0.400. The van der Waals surface area contributed by atoms with E-state index in [1.165, 1.54) is 12.3 Å². The first-order valence-electron chi connectivity index (χ1n) is 4.57. The maximum absolute atomic E-state index is 11.4. The molecule has 1 aromatic heterocycles. The molecular formula is C10H14N2O2. The number of amides is 1. The summed E-state index contributed by atoms with van der Waals surface area (Å²) in [7, 11) is 0. The lowest BCUT2D eigenvalue weighted by atomic mass is 10.2. The number of aromatic nitrogens is 1. The van der Waals surface area contributed by atoms with Gasteiger partial charge in [-0.05, 0) is 18.1 Å². The number of nitrogens with one attached hydrogen (secondary N) is 2. The summed E-state index contributed by atoms with van der Waals surface area (Å²) in [4.78, 5) is 25.1. The number of carbonyl (C=O) groups is 1. The molecule has 0 saturated heterocycles. The number of H-pyrrole nitrogens is 1. The van der Waals surface area contributed by atoms with Gasteiger partial charge in [-0.3, -0.25) is 9.59 Å². The predicted octanol–water partition coefficient (Wildman–Crippen LogP) is 0.761. The molecule has 0 radical (unpaired) electrons. The van der Waals surface area contributed by atoms with Crippen LogP contribution in [-0.4, -0.2) is 17.4 Å². The van der Waals surface area contributed by atoms with Gasteiger partial charge in [0.05, 0.1) is 0 Å². The van der Waals surface area contributed by atoms with E-state index in [-0.39, 0.29) is 17.0 Å². The second-order valence-corrected chi connectivity index (χ2v) is 3.52. The Morgan fingerprint density at radius 1 is 1.57 bits per heavy atom. The Labute approximate surface area is 82.3 Å². The van der Waals surface area contributed by atoms with Crippen molar-refractivity contribution >= 4 is 5.91 Å². The van der Waals surface area contributed by atoms with Gasteiger partial charge in [-0.2, -0.15) is 0 Å². The molecule has 0 saturated carbocycles. The fourth-order valence-corrected chi connectivity index (χ4v) is 0.992. The van der Waals surface area contributed by atoms with Crippen molar-refractivity contribution in [2.45, 2.75) is 13.8 Å². The summed E-state index contributed by atoms with van der Waals surface area (Å²) in [6.45, 7) is 4.57. The molecule has 0 atom stereocenters. The molecule has 4 heteroatoms. The normalized spacial score (nSPS) is 10.2. The van der Waals surface area contributed by atoms with Crippen LogP contribution in [0.3, 0.4) is 0 Å². The van der Waals surface area contributed by atoms with Gasteiger partial charge >= 0.3 is 0 Å². The van der Waals surface area contributed by atoms with Gasteiger partial charge in [0.2, 0.25) is 0 Å². The molecule has 2 N–H and O–H groups in total. The lowest BCUT2D eigenvalue weighted by Gasteiger charge is -2.06. The van der Waals surface area contributed by atoms with Crippen LogP contribution >= 0.6 is 0 Å². The first-order chi connectivity index (χ1) is 6.61.